The number of carbonyl (C=O) groups is 1. The van der Waals surface area contributed by atoms with Gasteiger partial charge in [-0.15, -0.1) is 0 Å². The van der Waals surface area contributed by atoms with Crippen LogP contribution in [0.2, 0.25) is 5.02 Å². The molecule has 0 unspecified atom stereocenters. The molecule has 21 heavy (non-hydrogen) atoms. The Morgan fingerprint density at radius 3 is 2.71 bits per heavy atom. The van der Waals surface area contributed by atoms with Crippen molar-refractivity contribution in [3.8, 4) is 5.75 Å². The van der Waals surface area contributed by atoms with Gasteiger partial charge in [-0.25, -0.2) is 4.79 Å². The van der Waals surface area contributed by atoms with E-state index in [9.17, 15) is 4.79 Å². The Morgan fingerprint density at radius 1 is 1.24 bits per heavy atom. The number of hydrogen-bond acceptors (Lipinski definition) is 4. The zero-order valence-electron chi connectivity index (χ0n) is 11.6. The van der Waals surface area contributed by atoms with Crippen molar-refractivity contribution in [3.05, 3.63) is 58.6 Å². The second-order valence-corrected chi connectivity index (χ2v) is 4.76. The molecule has 0 radical (unpaired) electrons. The second-order valence-electron chi connectivity index (χ2n) is 4.36. The number of ether oxygens (including phenoxy) is 2. The number of anilines is 1. The summed E-state index contributed by atoms with van der Waals surface area (Å²) in [4.78, 5) is 11.9. The summed E-state index contributed by atoms with van der Waals surface area (Å²) < 4.78 is 10.7. The SMILES string of the molecule is CCOC(=O)c1ccc(N)cc1OCc1ccccc1Cl. The van der Waals surface area contributed by atoms with Gasteiger partial charge in [0.25, 0.3) is 0 Å². The average Bonchev–Trinajstić information content (AvgIpc) is 2.46. The number of halogens is 1. The van der Waals surface area contributed by atoms with Gasteiger partial charge in [0.1, 0.15) is 17.9 Å². The maximum Gasteiger partial charge on any atom is 0.341 e. The average molecular weight is 306 g/mol. The number of hydrogen-bond donors (Lipinski definition) is 1. The van der Waals surface area contributed by atoms with E-state index in [0.29, 0.717) is 28.6 Å². The fourth-order valence-electron chi connectivity index (χ4n) is 1.81. The van der Waals surface area contributed by atoms with Crippen LogP contribution in [0.15, 0.2) is 42.5 Å². The predicted octanol–water partition coefficient (Wildman–Crippen LogP) is 3.68. The Hall–Kier alpha value is -2.20. The van der Waals surface area contributed by atoms with Crippen LogP contribution in [-0.4, -0.2) is 12.6 Å². The minimum absolute atomic E-state index is 0.246. The van der Waals surface area contributed by atoms with Crippen LogP contribution in [0, 0.1) is 0 Å². The van der Waals surface area contributed by atoms with Crippen molar-refractivity contribution >= 4 is 23.3 Å². The minimum atomic E-state index is -0.438. The van der Waals surface area contributed by atoms with Crippen LogP contribution in [0.25, 0.3) is 0 Å². The molecule has 0 aromatic heterocycles. The third-order valence-electron chi connectivity index (χ3n) is 2.84. The smallest absolute Gasteiger partial charge is 0.341 e. The molecule has 0 amide bonds. The third-order valence-corrected chi connectivity index (χ3v) is 3.21. The standard InChI is InChI=1S/C16H16ClNO3/c1-2-20-16(19)13-8-7-12(18)9-15(13)21-10-11-5-3-4-6-14(11)17/h3-9H,2,10,18H2,1H3. The molecule has 0 atom stereocenters. The molecule has 0 aliphatic carbocycles. The lowest BCUT2D eigenvalue weighted by atomic mass is 10.2. The van der Waals surface area contributed by atoms with Crippen molar-refractivity contribution in [1.29, 1.82) is 0 Å². The predicted molar refractivity (Wildman–Crippen MR) is 82.6 cm³/mol. The third kappa shape index (κ3) is 3.89. The molecule has 2 aromatic carbocycles. The van der Waals surface area contributed by atoms with Gasteiger partial charge >= 0.3 is 5.97 Å². The first-order valence-corrected chi connectivity index (χ1v) is 6.92. The first kappa shape index (κ1) is 15.2. The van der Waals surface area contributed by atoms with E-state index in [-0.39, 0.29) is 6.61 Å². The summed E-state index contributed by atoms with van der Waals surface area (Å²) in [5.41, 5.74) is 7.43. The molecule has 2 aromatic rings. The van der Waals surface area contributed by atoms with E-state index < -0.39 is 5.97 Å². The Morgan fingerprint density at radius 2 is 2.00 bits per heavy atom. The highest BCUT2D eigenvalue weighted by atomic mass is 35.5. The number of benzene rings is 2. The largest absolute Gasteiger partial charge is 0.488 e. The lowest BCUT2D eigenvalue weighted by molar-refractivity contribution is 0.0521. The molecule has 0 fully saturated rings. The van der Waals surface area contributed by atoms with Crippen molar-refractivity contribution in [2.75, 3.05) is 12.3 Å². The molecule has 2 rings (SSSR count). The molecule has 0 saturated carbocycles. The topological polar surface area (TPSA) is 61.5 Å². The summed E-state index contributed by atoms with van der Waals surface area (Å²) in [6.45, 7) is 2.29. The van der Waals surface area contributed by atoms with Gasteiger partial charge in [-0.3, -0.25) is 0 Å². The highest BCUT2D eigenvalue weighted by Crippen LogP contribution is 2.25. The van der Waals surface area contributed by atoms with E-state index in [1.807, 2.05) is 18.2 Å². The quantitative estimate of drug-likeness (QED) is 0.676. The summed E-state index contributed by atoms with van der Waals surface area (Å²) >= 11 is 6.08. The van der Waals surface area contributed by atoms with Gasteiger partial charge in [0.05, 0.1) is 6.61 Å². The highest BCUT2D eigenvalue weighted by Gasteiger charge is 2.14. The first-order valence-electron chi connectivity index (χ1n) is 6.54. The van der Waals surface area contributed by atoms with E-state index in [2.05, 4.69) is 0 Å². The van der Waals surface area contributed by atoms with E-state index >= 15 is 0 Å². The van der Waals surface area contributed by atoms with Crippen molar-refractivity contribution in [1.82, 2.24) is 0 Å². The summed E-state index contributed by atoms with van der Waals surface area (Å²) in [5, 5.41) is 0.610. The summed E-state index contributed by atoms with van der Waals surface area (Å²) in [6.07, 6.45) is 0. The number of nitrogens with two attached hydrogens (primary N) is 1. The Kier molecular flexibility index (Phi) is 5.06. The second kappa shape index (κ2) is 6.99. The van der Waals surface area contributed by atoms with Crippen LogP contribution in [0.4, 0.5) is 5.69 Å². The van der Waals surface area contributed by atoms with Crippen LogP contribution >= 0.6 is 11.6 Å². The summed E-state index contributed by atoms with van der Waals surface area (Å²) in [6, 6.07) is 12.2. The lowest BCUT2D eigenvalue weighted by Gasteiger charge is -2.12. The van der Waals surface area contributed by atoms with Crippen LogP contribution in [0.5, 0.6) is 5.75 Å². The Labute approximate surface area is 128 Å². The van der Waals surface area contributed by atoms with Gasteiger partial charge in [0, 0.05) is 22.3 Å². The Bertz CT molecular complexity index is 643. The minimum Gasteiger partial charge on any atom is -0.488 e. The molecule has 0 saturated heterocycles. The number of esters is 1. The fourth-order valence-corrected chi connectivity index (χ4v) is 2.00. The van der Waals surface area contributed by atoms with Crippen LogP contribution in [0.3, 0.4) is 0 Å². The maximum absolute atomic E-state index is 11.9. The van der Waals surface area contributed by atoms with E-state index in [0.717, 1.165) is 5.56 Å². The summed E-state index contributed by atoms with van der Waals surface area (Å²) in [7, 11) is 0. The monoisotopic (exact) mass is 305 g/mol. The van der Waals surface area contributed by atoms with Gasteiger partial charge in [0.2, 0.25) is 0 Å². The zero-order valence-corrected chi connectivity index (χ0v) is 12.4. The molecular weight excluding hydrogens is 290 g/mol. The Balaban J connectivity index is 2.20. The molecule has 0 aliphatic heterocycles. The van der Waals surface area contributed by atoms with Crippen LogP contribution < -0.4 is 10.5 Å². The van der Waals surface area contributed by atoms with Gasteiger partial charge in [-0.05, 0) is 25.1 Å². The van der Waals surface area contributed by atoms with Crippen LogP contribution in [0.1, 0.15) is 22.8 Å². The fraction of sp³-hybridized carbons (Fsp3) is 0.188. The van der Waals surface area contributed by atoms with Crippen LogP contribution in [-0.2, 0) is 11.3 Å². The molecule has 5 heteroatoms. The maximum atomic E-state index is 11.9. The lowest BCUT2D eigenvalue weighted by Crippen LogP contribution is -2.08. The van der Waals surface area contributed by atoms with Gasteiger partial charge in [-0.2, -0.15) is 0 Å². The van der Waals surface area contributed by atoms with Gasteiger partial charge in [-0.1, -0.05) is 29.8 Å². The highest BCUT2D eigenvalue weighted by molar-refractivity contribution is 6.31. The van der Waals surface area contributed by atoms with Gasteiger partial charge in [0.15, 0.2) is 0 Å². The van der Waals surface area contributed by atoms with E-state index in [4.69, 9.17) is 26.8 Å². The molecule has 0 aliphatic rings. The van der Waals surface area contributed by atoms with Crippen molar-refractivity contribution < 1.29 is 14.3 Å². The molecule has 0 bridgehead atoms. The number of rotatable bonds is 5. The molecule has 110 valence electrons. The zero-order chi connectivity index (χ0) is 15.2. The molecule has 0 heterocycles. The van der Waals surface area contributed by atoms with Gasteiger partial charge < -0.3 is 15.2 Å². The van der Waals surface area contributed by atoms with Crippen molar-refractivity contribution in [3.63, 3.8) is 0 Å². The van der Waals surface area contributed by atoms with E-state index in [1.54, 1.807) is 31.2 Å². The molecule has 2 N–H and O–H groups in total. The first-order chi connectivity index (χ1) is 10.1. The number of carbonyl (C=O) groups excluding carboxylic acids is 1. The number of nitrogen functional groups attached to an aromatic ring is 1. The summed E-state index contributed by atoms with van der Waals surface area (Å²) in [5.74, 6) is -0.0555. The van der Waals surface area contributed by atoms with Crippen molar-refractivity contribution in [2.45, 2.75) is 13.5 Å². The van der Waals surface area contributed by atoms with E-state index in [1.165, 1.54) is 0 Å². The molecule has 4 nitrogen and oxygen atoms in total. The molecular formula is C16H16ClNO3. The normalized spacial score (nSPS) is 10.2. The molecule has 0 spiro atoms. The van der Waals surface area contributed by atoms with Crippen molar-refractivity contribution in [2.24, 2.45) is 0 Å².